The predicted molar refractivity (Wildman–Crippen MR) is 79.9 cm³/mol. The van der Waals surface area contributed by atoms with E-state index in [4.69, 9.17) is 23.2 Å². The van der Waals surface area contributed by atoms with Crippen molar-refractivity contribution >= 4 is 40.5 Å². The lowest BCUT2D eigenvalue weighted by molar-refractivity contribution is -0.114. The van der Waals surface area contributed by atoms with Gasteiger partial charge in [0.15, 0.2) is 0 Å². The van der Waals surface area contributed by atoms with Crippen LogP contribution in [0, 0.1) is 11.6 Å². The second-order valence-electron chi connectivity index (χ2n) is 4.16. The molecule has 2 aromatic carbocycles. The SMILES string of the molecule is O=C(CNc1ccc(Cl)c(F)c1)Nc1ccc(F)c(Cl)c1. The number of hydrogen-bond donors (Lipinski definition) is 2. The third kappa shape index (κ3) is 4.31. The van der Waals surface area contributed by atoms with E-state index in [9.17, 15) is 13.6 Å². The van der Waals surface area contributed by atoms with E-state index < -0.39 is 11.6 Å². The minimum Gasteiger partial charge on any atom is -0.376 e. The van der Waals surface area contributed by atoms with Gasteiger partial charge in [-0.05, 0) is 36.4 Å². The van der Waals surface area contributed by atoms with E-state index in [1.54, 1.807) is 6.07 Å². The highest BCUT2D eigenvalue weighted by Crippen LogP contribution is 2.20. The first-order chi connectivity index (χ1) is 9.95. The maximum absolute atomic E-state index is 13.2. The zero-order valence-corrected chi connectivity index (χ0v) is 12.1. The van der Waals surface area contributed by atoms with Crippen LogP contribution in [-0.4, -0.2) is 12.5 Å². The van der Waals surface area contributed by atoms with Crippen molar-refractivity contribution in [2.24, 2.45) is 0 Å². The number of carbonyl (C=O) groups is 1. The molecule has 0 aliphatic carbocycles. The summed E-state index contributed by atoms with van der Waals surface area (Å²) < 4.78 is 26.2. The molecule has 0 radical (unpaired) electrons. The van der Waals surface area contributed by atoms with Crippen molar-refractivity contribution in [1.29, 1.82) is 0 Å². The van der Waals surface area contributed by atoms with Crippen LogP contribution in [0.4, 0.5) is 20.2 Å². The van der Waals surface area contributed by atoms with Crippen molar-refractivity contribution in [2.45, 2.75) is 0 Å². The Bertz CT molecular complexity index is 680. The Morgan fingerprint density at radius 2 is 1.67 bits per heavy atom. The predicted octanol–water partition coefficient (Wildman–Crippen LogP) is 4.32. The Hall–Kier alpha value is -1.85. The molecule has 2 rings (SSSR count). The van der Waals surface area contributed by atoms with Crippen LogP contribution in [0.25, 0.3) is 0 Å². The molecule has 0 aromatic heterocycles. The molecule has 0 spiro atoms. The highest BCUT2D eigenvalue weighted by atomic mass is 35.5. The van der Waals surface area contributed by atoms with Gasteiger partial charge in [-0.2, -0.15) is 0 Å². The summed E-state index contributed by atoms with van der Waals surface area (Å²) in [5.41, 5.74) is 0.791. The topological polar surface area (TPSA) is 41.1 Å². The number of rotatable bonds is 4. The van der Waals surface area contributed by atoms with Crippen molar-refractivity contribution in [2.75, 3.05) is 17.2 Å². The van der Waals surface area contributed by atoms with Gasteiger partial charge in [-0.1, -0.05) is 23.2 Å². The summed E-state index contributed by atoms with van der Waals surface area (Å²) in [6.07, 6.45) is 0. The van der Waals surface area contributed by atoms with E-state index in [1.807, 2.05) is 0 Å². The van der Waals surface area contributed by atoms with Crippen LogP contribution >= 0.6 is 23.2 Å². The summed E-state index contributed by atoms with van der Waals surface area (Å²) in [6, 6.07) is 7.96. The van der Waals surface area contributed by atoms with Crippen molar-refractivity contribution in [1.82, 2.24) is 0 Å². The van der Waals surface area contributed by atoms with Gasteiger partial charge < -0.3 is 10.6 Å². The fourth-order valence-electron chi connectivity index (χ4n) is 1.57. The summed E-state index contributed by atoms with van der Waals surface area (Å²) in [5.74, 6) is -1.52. The average Bonchev–Trinajstić information content (AvgIpc) is 2.44. The van der Waals surface area contributed by atoms with Gasteiger partial charge in [0.1, 0.15) is 11.6 Å². The third-order valence-electron chi connectivity index (χ3n) is 2.58. The summed E-state index contributed by atoms with van der Waals surface area (Å²) in [5, 5.41) is 5.20. The third-order valence-corrected chi connectivity index (χ3v) is 3.17. The first-order valence-electron chi connectivity index (χ1n) is 5.89. The number of anilines is 2. The molecule has 0 atom stereocenters. The maximum atomic E-state index is 13.2. The Balaban J connectivity index is 1.92. The molecule has 0 aliphatic rings. The van der Waals surface area contributed by atoms with Crippen LogP contribution in [0.1, 0.15) is 0 Å². The summed E-state index contributed by atoms with van der Waals surface area (Å²) >= 11 is 11.2. The number of halogens is 4. The van der Waals surface area contributed by atoms with E-state index in [1.165, 1.54) is 24.3 Å². The molecule has 3 nitrogen and oxygen atoms in total. The Kier molecular flexibility index (Phi) is 4.98. The second-order valence-corrected chi connectivity index (χ2v) is 4.97. The fourth-order valence-corrected chi connectivity index (χ4v) is 1.87. The number of amides is 1. The van der Waals surface area contributed by atoms with Gasteiger partial charge in [0.05, 0.1) is 16.6 Å². The minimum atomic E-state index is -0.576. The van der Waals surface area contributed by atoms with Crippen molar-refractivity contribution in [3.63, 3.8) is 0 Å². The summed E-state index contributed by atoms with van der Waals surface area (Å²) in [6.45, 7) is -0.0872. The molecule has 7 heteroatoms. The normalized spacial score (nSPS) is 10.3. The molecule has 2 aromatic rings. The van der Waals surface area contributed by atoms with Crippen LogP contribution in [0.3, 0.4) is 0 Å². The number of benzene rings is 2. The van der Waals surface area contributed by atoms with Gasteiger partial charge in [-0.15, -0.1) is 0 Å². The second kappa shape index (κ2) is 6.74. The van der Waals surface area contributed by atoms with Crippen molar-refractivity contribution in [3.8, 4) is 0 Å². The van der Waals surface area contributed by atoms with Gasteiger partial charge in [-0.25, -0.2) is 8.78 Å². The molecule has 21 heavy (non-hydrogen) atoms. The zero-order chi connectivity index (χ0) is 15.4. The molecule has 1 amide bonds. The van der Waals surface area contributed by atoms with Crippen LogP contribution in [-0.2, 0) is 4.79 Å². The summed E-state index contributed by atoms with van der Waals surface area (Å²) in [7, 11) is 0. The Morgan fingerprint density at radius 1 is 0.952 bits per heavy atom. The van der Waals surface area contributed by atoms with Gasteiger partial charge in [-0.3, -0.25) is 4.79 Å². The maximum Gasteiger partial charge on any atom is 0.243 e. The number of nitrogens with one attached hydrogen (secondary N) is 2. The van der Waals surface area contributed by atoms with E-state index >= 15 is 0 Å². The lowest BCUT2D eigenvalue weighted by Crippen LogP contribution is -2.21. The lowest BCUT2D eigenvalue weighted by atomic mass is 10.3. The molecule has 0 heterocycles. The largest absolute Gasteiger partial charge is 0.376 e. The van der Waals surface area contributed by atoms with Crippen molar-refractivity contribution in [3.05, 3.63) is 58.1 Å². The molecule has 110 valence electrons. The minimum absolute atomic E-state index is 0.00551. The van der Waals surface area contributed by atoms with Gasteiger partial charge >= 0.3 is 0 Å². The highest BCUT2D eigenvalue weighted by molar-refractivity contribution is 6.31. The first kappa shape index (κ1) is 15.5. The van der Waals surface area contributed by atoms with E-state index in [2.05, 4.69) is 10.6 Å². The van der Waals surface area contributed by atoms with Crippen LogP contribution in [0.5, 0.6) is 0 Å². The molecule has 0 aliphatic heterocycles. The Morgan fingerprint density at radius 3 is 2.33 bits per heavy atom. The molecule has 0 saturated heterocycles. The molecule has 0 unspecified atom stereocenters. The van der Waals surface area contributed by atoms with Crippen LogP contribution in [0.15, 0.2) is 36.4 Å². The Labute approximate surface area is 129 Å². The van der Waals surface area contributed by atoms with Gasteiger partial charge in [0.2, 0.25) is 5.91 Å². The van der Waals surface area contributed by atoms with Crippen molar-refractivity contribution < 1.29 is 13.6 Å². The van der Waals surface area contributed by atoms with Crippen LogP contribution in [0.2, 0.25) is 10.0 Å². The first-order valence-corrected chi connectivity index (χ1v) is 6.65. The molecular weight excluding hydrogens is 321 g/mol. The van der Waals surface area contributed by atoms with Crippen LogP contribution < -0.4 is 10.6 Å². The average molecular weight is 331 g/mol. The standard InChI is InChI=1S/C14H10Cl2F2N2O/c15-10-3-1-8(6-13(10)18)19-7-14(21)20-9-2-4-12(17)11(16)5-9/h1-6,19H,7H2,(H,20,21). The van der Waals surface area contributed by atoms with Gasteiger partial charge in [0, 0.05) is 11.4 Å². The van der Waals surface area contributed by atoms with E-state index in [0.29, 0.717) is 11.4 Å². The highest BCUT2D eigenvalue weighted by Gasteiger charge is 2.06. The zero-order valence-electron chi connectivity index (χ0n) is 10.6. The number of hydrogen-bond acceptors (Lipinski definition) is 2. The molecule has 0 saturated carbocycles. The quantitative estimate of drug-likeness (QED) is 0.876. The molecule has 0 bridgehead atoms. The van der Waals surface area contributed by atoms with E-state index in [-0.39, 0.29) is 22.5 Å². The smallest absolute Gasteiger partial charge is 0.243 e. The molecular formula is C14H10Cl2F2N2O. The lowest BCUT2D eigenvalue weighted by Gasteiger charge is -2.08. The molecule has 0 fully saturated rings. The monoisotopic (exact) mass is 330 g/mol. The van der Waals surface area contributed by atoms with Gasteiger partial charge in [0.25, 0.3) is 0 Å². The molecule has 2 N–H and O–H groups in total. The van der Waals surface area contributed by atoms with E-state index in [0.717, 1.165) is 6.07 Å². The summed E-state index contributed by atoms with van der Waals surface area (Å²) in [4.78, 5) is 11.7. The number of carbonyl (C=O) groups excluding carboxylic acids is 1. The fraction of sp³-hybridized carbons (Fsp3) is 0.0714.